The first-order valence-electron chi connectivity index (χ1n) is 7.12. The number of rotatable bonds is 3. The monoisotopic (exact) mass is 310 g/mol. The zero-order chi connectivity index (χ0) is 15.1. The van der Waals surface area contributed by atoms with Crippen LogP contribution in [0, 0.1) is 0 Å². The highest BCUT2D eigenvalue weighted by atomic mass is 32.1. The summed E-state index contributed by atoms with van der Waals surface area (Å²) in [7, 11) is 0. The van der Waals surface area contributed by atoms with Gasteiger partial charge in [-0.1, -0.05) is 18.2 Å². The van der Waals surface area contributed by atoms with Crippen LogP contribution in [0.25, 0.3) is 21.3 Å². The molecule has 1 amide bonds. The fraction of sp³-hybridized carbons (Fsp3) is 0.188. The van der Waals surface area contributed by atoms with Crippen molar-refractivity contribution in [2.45, 2.75) is 18.9 Å². The van der Waals surface area contributed by atoms with Crippen molar-refractivity contribution in [1.29, 1.82) is 0 Å². The molecule has 1 fully saturated rings. The number of nitrogens with zero attached hydrogens (tertiary/aromatic N) is 2. The van der Waals surface area contributed by atoms with E-state index in [1.807, 2.05) is 29.6 Å². The highest BCUT2D eigenvalue weighted by Crippen LogP contribution is 2.34. The maximum Gasteiger partial charge on any atom is 0.252 e. The fourth-order valence-electron chi connectivity index (χ4n) is 2.44. The first-order valence-corrected chi connectivity index (χ1v) is 8.00. The number of hydrogen-bond donors (Lipinski definition) is 2. The Labute approximate surface area is 131 Å². The maximum atomic E-state index is 12.4. The summed E-state index contributed by atoms with van der Waals surface area (Å²) in [5.41, 5.74) is 8.98. The Balaban J connectivity index is 1.84. The first kappa shape index (κ1) is 13.2. The van der Waals surface area contributed by atoms with Crippen LogP contribution < -0.4 is 11.1 Å². The summed E-state index contributed by atoms with van der Waals surface area (Å²) in [6.07, 6.45) is 3.86. The van der Waals surface area contributed by atoms with Crippen molar-refractivity contribution in [3.63, 3.8) is 0 Å². The lowest BCUT2D eigenvalue weighted by Crippen LogP contribution is -2.25. The molecule has 0 saturated heterocycles. The standard InChI is InChI=1S/C16H14N4OS/c17-16-18-7-13-14(20-16)12(8-22-13)10-3-1-2-4-11(10)15(21)19-9-5-6-9/h1-4,7-9H,5-6H2,(H,19,21)(H2,17,18,20). The number of anilines is 1. The van der Waals surface area contributed by atoms with Gasteiger partial charge in [0.05, 0.1) is 16.4 Å². The molecule has 2 aromatic heterocycles. The largest absolute Gasteiger partial charge is 0.368 e. The molecule has 0 unspecified atom stereocenters. The number of carbonyl (C=O) groups is 1. The smallest absolute Gasteiger partial charge is 0.252 e. The molecule has 1 aromatic carbocycles. The number of fused-ring (bicyclic) bond motifs is 1. The molecule has 0 aliphatic heterocycles. The highest BCUT2D eigenvalue weighted by Gasteiger charge is 2.25. The molecule has 0 atom stereocenters. The van der Waals surface area contributed by atoms with Crippen LogP contribution in [0.1, 0.15) is 23.2 Å². The second kappa shape index (κ2) is 5.06. The summed E-state index contributed by atoms with van der Waals surface area (Å²) in [6.45, 7) is 0. The minimum absolute atomic E-state index is 0.0283. The van der Waals surface area contributed by atoms with E-state index in [0.717, 1.165) is 34.2 Å². The number of benzene rings is 1. The van der Waals surface area contributed by atoms with Gasteiger partial charge in [-0.25, -0.2) is 9.97 Å². The van der Waals surface area contributed by atoms with Gasteiger partial charge in [0.2, 0.25) is 5.95 Å². The van der Waals surface area contributed by atoms with Crippen LogP contribution >= 0.6 is 11.3 Å². The Kier molecular flexibility index (Phi) is 3.04. The summed E-state index contributed by atoms with van der Waals surface area (Å²) in [5.74, 6) is 0.214. The molecule has 6 heteroatoms. The lowest BCUT2D eigenvalue weighted by atomic mass is 10.0. The maximum absolute atomic E-state index is 12.4. The molecule has 0 bridgehead atoms. The Morgan fingerprint density at radius 2 is 2.09 bits per heavy atom. The molecule has 1 aliphatic carbocycles. The van der Waals surface area contributed by atoms with Gasteiger partial charge in [-0.3, -0.25) is 4.79 Å². The van der Waals surface area contributed by atoms with Gasteiger partial charge in [-0.05, 0) is 24.5 Å². The van der Waals surface area contributed by atoms with Crippen LogP contribution in [-0.4, -0.2) is 21.9 Å². The van der Waals surface area contributed by atoms with Crippen LogP contribution in [-0.2, 0) is 0 Å². The van der Waals surface area contributed by atoms with Gasteiger partial charge in [0.15, 0.2) is 0 Å². The number of amides is 1. The minimum Gasteiger partial charge on any atom is -0.368 e. The van der Waals surface area contributed by atoms with Gasteiger partial charge >= 0.3 is 0 Å². The van der Waals surface area contributed by atoms with E-state index >= 15 is 0 Å². The number of hydrogen-bond acceptors (Lipinski definition) is 5. The zero-order valence-electron chi connectivity index (χ0n) is 11.7. The molecule has 0 radical (unpaired) electrons. The Morgan fingerprint density at radius 3 is 2.91 bits per heavy atom. The minimum atomic E-state index is -0.0283. The SMILES string of the molecule is Nc1ncc2scc(-c3ccccc3C(=O)NC3CC3)c2n1. The van der Waals surface area contributed by atoms with Gasteiger partial charge in [0.1, 0.15) is 0 Å². The molecule has 4 rings (SSSR count). The third-order valence-corrected chi connectivity index (χ3v) is 4.61. The Bertz CT molecular complexity index is 869. The predicted molar refractivity (Wildman–Crippen MR) is 87.8 cm³/mol. The average Bonchev–Trinajstić information content (AvgIpc) is 3.24. The normalized spacial score (nSPS) is 14.2. The van der Waals surface area contributed by atoms with Crippen molar-refractivity contribution in [3.05, 3.63) is 41.4 Å². The number of aromatic nitrogens is 2. The summed E-state index contributed by atoms with van der Waals surface area (Å²) < 4.78 is 0.960. The summed E-state index contributed by atoms with van der Waals surface area (Å²) >= 11 is 1.55. The van der Waals surface area contributed by atoms with E-state index < -0.39 is 0 Å². The Hall–Kier alpha value is -2.47. The molecule has 110 valence electrons. The molecular weight excluding hydrogens is 296 g/mol. The second-order valence-corrected chi connectivity index (χ2v) is 6.29. The van der Waals surface area contributed by atoms with Crippen molar-refractivity contribution in [3.8, 4) is 11.1 Å². The zero-order valence-corrected chi connectivity index (χ0v) is 12.6. The number of carbonyl (C=O) groups excluding carboxylic acids is 1. The first-order chi connectivity index (χ1) is 10.7. The quantitative estimate of drug-likeness (QED) is 0.779. The van der Waals surface area contributed by atoms with Gasteiger partial charge in [0, 0.05) is 22.5 Å². The van der Waals surface area contributed by atoms with Gasteiger partial charge in [-0.2, -0.15) is 0 Å². The Morgan fingerprint density at radius 1 is 1.27 bits per heavy atom. The van der Waals surface area contributed by atoms with Crippen molar-refractivity contribution < 1.29 is 4.79 Å². The third kappa shape index (κ3) is 2.31. The van der Waals surface area contributed by atoms with Crippen LogP contribution in [0.4, 0.5) is 5.95 Å². The number of nitrogens with one attached hydrogen (secondary N) is 1. The van der Waals surface area contributed by atoms with E-state index in [1.54, 1.807) is 17.5 Å². The number of thiophene rings is 1. The van der Waals surface area contributed by atoms with Gasteiger partial charge in [0.25, 0.3) is 5.91 Å². The second-order valence-electron chi connectivity index (χ2n) is 5.38. The number of nitrogen functional groups attached to an aromatic ring is 1. The summed E-state index contributed by atoms with van der Waals surface area (Å²) in [4.78, 5) is 20.8. The topological polar surface area (TPSA) is 80.9 Å². The molecule has 0 spiro atoms. The molecule has 1 saturated carbocycles. The van der Waals surface area contributed by atoms with E-state index in [2.05, 4.69) is 15.3 Å². The van der Waals surface area contributed by atoms with Crippen molar-refractivity contribution in [2.75, 3.05) is 5.73 Å². The molecule has 22 heavy (non-hydrogen) atoms. The lowest BCUT2D eigenvalue weighted by molar-refractivity contribution is 0.0952. The summed E-state index contributed by atoms with van der Waals surface area (Å²) in [5, 5.41) is 5.04. The summed E-state index contributed by atoms with van der Waals surface area (Å²) in [6, 6.07) is 7.93. The fourth-order valence-corrected chi connectivity index (χ4v) is 3.30. The van der Waals surface area contributed by atoms with Crippen LogP contribution in [0.2, 0.25) is 0 Å². The van der Waals surface area contributed by atoms with Crippen LogP contribution in [0.5, 0.6) is 0 Å². The van der Waals surface area contributed by atoms with E-state index in [0.29, 0.717) is 11.6 Å². The van der Waals surface area contributed by atoms with E-state index in [4.69, 9.17) is 5.73 Å². The predicted octanol–water partition coefficient (Wildman–Crippen LogP) is 2.83. The average molecular weight is 310 g/mol. The molecule has 2 heterocycles. The number of nitrogens with two attached hydrogens (primary N) is 1. The van der Waals surface area contributed by atoms with Crippen LogP contribution in [0.15, 0.2) is 35.8 Å². The third-order valence-electron chi connectivity index (χ3n) is 3.71. The molecule has 3 N–H and O–H groups in total. The van der Waals surface area contributed by atoms with E-state index in [9.17, 15) is 4.79 Å². The van der Waals surface area contributed by atoms with Gasteiger partial charge in [-0.15, -0.1) is 11.3 Å². The molecular formula is C16H14N4OS. The lowest BCUT2D eigenvalue weighted by Gasteiger charge is -2.09. The van der Waals surface area contributed by atoms with Gasteiger partial charge < -0.3 is 11.1 Å². The molecule has 5 nitrogen and oxygen atoms in total. The van der Waals surface area contributed by atoms with Crippen LogP contribution in [0.3, 0.4) is 0 Å². The molecule has 1 aliphatic rings. The van der Waals surface area contributed by atoms with Crippen molar-refractivity contribution in [1.82, 2.24) is 15.3 Å². The molecule has 3 aromatic rings. The van der Waals surface area contributed by atoms with E-state index in [1.165, 1.54) is 0 Å². The van der Waals surface area contributed by atoms with Crippen molar-refractivity contribution in [2.24, 2.45) is 0 Å². The highest BCUT2D eigenvalue weighted by molar-refractivity contribution is 7.17. The van der Waals surface area contributed by atoms with Crippen molar-refractivity contribution >= 4 is 33.4 Å². The van der Waals surface area contributed by atoms with E-state index in [-0.39, 0.29) is 11.9 Å².